The number of aryl methyl sites for hydroxylation is 1. The Morgan fingerprint density at radius 3 is 2.87 bits per heavy atom. The van der Waals surface area contributed by atoms with Crippen molar-refractivity contribution in [3.63, 3.8) is 0 Å². The molecule has 5 heterocycles. The molecular weight excluding hydrogens is 424 g/mol. The highest BCUT2D eigenvalue weighted by Crippen LogP contribution is 2.38. The second-order valence-electron chi connectivity index (χ2n) is 7.00. The number of fused-ring (bicyclic) bond motifs is 2. The van der Waals surface area contributed by atoms with Gasteiger partial charge in [-0.05, 0) is 24.2 Å². The average Bonchev–Trinajstić information content (AvgIpc) is 3.02. The molecule has 0 aromatic carbocycles. The molecule has 0 spiro atoms. The van der Waals surface area contributed by atoms with Gasteiger partial charge in [-0.2, -0.15) is 0 Å². The molecule has 0 bridgehead atoms. The number of hydrogen-bond acceptors (Lipinski definition) is 8. The van der Waals surface area contributed by atoms with E-state index in [0.29, 0.717) is 45.9 Å². The molecule has 1 fully saturated rings. The second kappa shape index (κ2) is 7.37. The Morgan fingerprint density at radius 1 is 1.30 bits per heavy atom. The third-order valence-corrected chi connectivity index (χ3v) is 6.31. The fraction of sp³-hybridized carbons (Fsp3) is 0.263. The fourth-order valence-electron chi connectivity index (χ4n) is 3.42. The van der Waals surface area contributed by atoms with Gasteiger partial charge in [-0.1, -0.05) is 18.5 Å². The van der Waals surface area contributed by atoms with Gasteiger partial charge in [0, 0.05) is 42.3 Å². The summed E-state index contributed by atoms with van der Waals surface area (Å²) in [5.41, 5.74) is 8.28. The van der Waals surface area contributed by atoms with Gasteiger partial charge in [-0.3, -0.25) is 9.78 Å². The molecule has 1 saturated heterocycles. The Bertz CT molecular complexity index is 1290. The van der Waals surface area contributed by atoms with Crippen molar-refractivity contribution in [2.45, 2.75) is 23.4 Å². The molecular formula is C19H17ClN8OS. The fourth-order valence-corrected chi connectivity index (χ4v) is 4.53. The van der Waals surface area contributed by atoms with E-state index in [1.807, 2.05) is 17.9 Å². The minimum absolute atomic E-state index is 0.183. The topological polar surface area (TPSA) is 127 Å². The number of hydrogen-bond donors (Lipinski definition) is 2. The van der Waals surface area contributed by atoms with Gasteiger partial charge in [0.25, 0.3) is 0 Å². The molecule has 152 valence electrons. The van der Waals surface area contributed by atoms with Crippen LogP contribution in [-0.4, -0.2) is 48.9 Å². The second-order valence-corrected chi connectivity index (χ2v) is 8.42. The lowest BCUT2D eigenvalue weighted by atomic mass is 9.99. The van der Waals surface area contributed by atoms with Crippen molar-refractivity contribution in [3.05, 3.63) is 35.4 Å². The summed E-state index contributed by atoms with van der Waals surface area (Å²) in [6, 6.07) is 1.90. The molecule has 30 heavy (non-hydrogen) atoms. The summed E-state index contributed by atoms with van der Waals surface area (Å²) < 4.78 is 0. The first-order valence-corrected chi connectivity index (χ1v) is 10.6. The number of nitrogens with two attached hydrogens (primary N) is 1. The zero-order valence-corrected chi connectivity index (χ0v) is 17.5. The highest BCUT2D eigenvalue weighted by atomic mass is 35.5. The van der Waals surface area contributed by atoms with Crippen molar-refractivity contribution in [3.8, 4) is 0 Å². The van der Waals surface area contributed by atoms with Gasteiger partial charge in [0.1, 0.15) is 17.0 Å². The summed E-state index contributed by atoms with van der Waals surface area (Å²) in [5, 5.41) is 1.93. The minimum atomic E-state index is -0.302. The van der Waals surface area contributed by atoms with E-state index < -0.39 is 0 Å². The number of amides is 1. The highest BCUT2D eigenvalue weighted by Gasteiger charge is 2.34. The standard InChI is InChI=1S/C19H17ClN8OS/c1-2-11-14(20)13-17(25-11)26-19(27-18(13)28-7-9(8-28)15(21)29)30-10-5-12-16(24-6-10)23-4-3-22-12/h3-6,9H,2,7-8H2,1H3,(H2,21,29)(H,25,26,27). The van der Waals surface area contributed by atoms with Crippen molar-refractivity contribution in [1.29, 1.82) is 0 Å². The van der Waals surface area contributed by atoms with Crippen molar-refractivity contribution in [1.82, 2.24) is 29.9 Å². The van der Waals surface area contributed by atoms with Crippen molar-refractivity contribution in [2.24, 2.45) is 11.7 Å². The Kier molecular flexibility index (Phi) is 4.67. The monoisotopic (exact) mass is 440 g/mol. The van der Waals surface area contributed by atoms with E-state index in [4.69, 9.17) is 22.3 Å². The smallest absolute Gasteiger partial charge is 0.224 e. The molecule has 1 aliphatic heterocycles. The van der Waals surface area contributed by atoms with Gasteiger partial charge in [-0.15, -0.1) is 0 Å². The van der Waals surface area contributed by atoms with E-state index in [1.165, 1.54) is 11.8 Å². The average molecular weight is 441 g/mol. The van der Waals surface area contributed by atoms with Crippen LogP contribution in [0.4, 0.5) is 5.82 Å². The summed E-state index contributed by atoms with van der Waals surface area (Å²) in [4.78, 5) is 39.9. The molecule has 4 aromatic heterocycles. The Morgan fingerprint density at radius 2 is 2.10 bits per heavy atom. The SMILES string of the molecule is CCc1[nH]c2nc(Sc3cnc4nccnc4c3)nc(N3CC(C(N)=O)C3)c2c1Cl. The molecule has 3 N–H and O–H groups in total. The van der Waals surface area contributed by atoms with Gasteiger partial charge in [0.15, 0.2) is 10.8 Å². The number of nitrogens with one attached hydrogen (secondary N) is 1. The third-order valence-electron chi connectivity index (χ3n) is 5.07. The number of aromatic amines is 1. The first kappa shape index (κ1) is 19.0. The third kappa shape index (κ3) is 3.21. The van der Waals surface area contributed by atoms with Crippen LogP contribution in [0.25, 0.3) is 22.2 Å². The molecule has 0 saturated carbocycles. The number of nitrogens with zero attached hydrogens (tertiary/aromatic N) is 6. The number of pyridine rings is 1. The lowest BCUT2D eigenvalue weighted by molar-refractivity contribution is -0.122. The maximum absolute atomic E-state index is 11.5. The minimum Gasteiger partial charge on any atom is -0.369 e. The van der Waals surface area contributed by atoms with Crippen molar-refractivity contribution >= 4 is 57.3 Å². The highest BCUT2D eigenvalue weighted by molar-refractivity contribution is 7.99. The summed E-state index contributed by atoms with van der Waals surface area (Å²) in [6.45, 7) is 3.05. The molecule has 0 radical (unpaired) electrons. The van der Waals surface area contributed by atoms with Crippen LogP contribution in [0.2, 0.25) is 5.02 Å². The molecule has 11 heteroatoms. The van der Waals surface area contributed by atoms with Gasteiger partial charge in [-0.25, -0.2) is 19.9 Å². The molecule has 5 rings (SSSR count). The molecule has 0 aliphatic carbocycles. The number of rotatable bonds is 5. The lowest BCUT2D eigenvalue weighted by Gasteiger charge is -2.38. The largest absolute Gasteiger partial charge is 0.369 e. The summed E-state index contributed by atoms with van der Waals surface area (Å²) in [5.74, 6) is 0.219. The number of aromatic nitrogens is 6. The quantitative estimate of drug-likeness (QED) is 0.453. The van der Waals surface area contributed by atoms with Gasteiger partial charge in [0.05, 0.1) is 16.3 Å². The van der Waals surface area contributed by atoms with Crippen LogP contribution in [0, 0.1) is 5.92 Å². The van der Waals surface area contributed by atoms with E-state index in [-0.39, 0.29) is 11.8 Å². The molecule has 1 aliphatic rings. The van der Waals surface area contributed by atoms with E-state index in [1.54, 1.807) is 18.6 Å². The summed E-state index contributed by atoms with van der Waals surface area (Å²) >= 11 is 7.98. The maximum atomic E-state index is 11.5. The van der Waals surface area contributed by atoms with Crippen LogP contribution in [0.3, 0.4) is 0 Å². The first-order valence-electron chi connectivity index (χ1n) is 9.40. The normalized spacial score (nSPS) is 14.4. The lowest BCUT2D eigenvalue weighted by Crippen LogP contribution is -2.53. The van der Waals surface area contributed by atoms with Crippen molar-refractivity contribution < 1.29 is 4.79 Å². The number of carbonyl (C=O) groups is 1. The van der Waals surface area contributed by atoms with Gasteiger partial charge in [0.2, 0.25) is 5.91 Å². The Hall–Kier alpha value is -2.98. The predicted octanol–water partition coefficient (Wildman–Crippen LogP) is 2.58. The van der Waals surface area contributed by atoms with E-state index in [2.05, 4.69) is 24.9 Å². The zero-order valence-electron chi connectivity index (χ0n) is 16.0. The van der Waals surface area contributed by atoms with Crippen molar-refractivity contribution in [2.75, 3.05) is 18.0 Å². The number of H-pyrrole nitrogens is 1. The summed E-state index contributed by atoms with van der Waals surface area (Å²) in [6.07, 6.45) is 5.71. The number of halogens is 1. The van der Waals surface area contributed by atoms with Crippen LogP contribution >= 0.6 is 23.4 Å². The number of primary amides is 1. The molecule has 0 atom stereocenters. The number of carbonyl (C=O) groups excluding carboxylic acids is 1. The Labute approximate surface area is 180 Å². The van der Waals surface area contributed by atoms with Crippen LogP contribution in [-0.2, 0) is 11.2 Å². The van der Waals surface area contributed by atoms with Crippen LogP contribution in [0.15, 0.2) is 34.7 Å². The zero-order chi connectivity index (χ0) is 20.8. The first-order chi connectivity index (χ1) is 14.5. The number of anilines is 1. The maximum Gasteiger partial charge on any atom is 0.224 e. The van der Waals surface area contributed by atoms with E-state index >= 15 is 0 Å². The van der Waals surface area contributed by atoms with Gasteiger partial charge < -0.3 is 15.6 Å². The van der Waals surface area contributed by atoms with Crippen LogP contribution in [0.1, 0.15) is 12.6 Å². The molecule has 1 amide bonds. The molecule has 4 aromatic rings. The Balaban J connectivity index is 1.55. The van der Waals surface area contributed by atoms with Gasteiger partial charge >= 0.3 is 0 Å². The predicted molar refractivity (Wildman–Crippen MR) is 115 cm³/mol. The molecule has 9 nitrogen and oxygen atoms in total. The van der Waals surface area contributed by atoms with E-state index in [0.717, 1.165) is 22.4 Å². The van der Waals surface area contributed by atoms with Crippen LogP contribution < -0.4 is 10.6 Å². The van der Waals surface area contributed by atoms with Crippen LogP contribution in [0.5, 0.6) is 0 Å². The van der Waals surface area contributed by atoms with E-state index in [9.17, 15) is 4.79 Å². The summed E-state index contributed by atoms with van der Waals surface area (Å²) in [7, 11) is 0. The molecule has 0 unspecified atom stereocenters.